The van der Waals surface area contributed by atoms with E-state index in [4.69, 9.17) is 10.9 Å². The molecule has 0 radical (unpaired) electrons. The van der Waals surface area contributed by atoms with Crippen molar-refractivity contribution >= 4 is 17.6 Å². The Morgan fingerprint density at radius 2 is 1.84 bits per heavy atom. The molecule has 0 aliphatic heterocycles. The van der Waals surface area contributed by atoms with Gasteiger partial charge in [0.15, 0.2) is 5.84 Å². The number of nitrogens with zero attached hydrogens (tertiary/aromatic N) is 1. The number of hydrogen-bond donors (Lipinski definition) is 2. The third-order valence-corrected chi connectivity index (χ3v) is 3.79. The van der Waals surface area contributed by atoms with Gasteiger partial charge in [-0.2, -0.15) is 0 Å². The standard InChI is InChI=1S/C15H16N2OS/c1-10-4-3-5-12(8-10)19-13-6-7-14(11(2)9-13)15(16)17-18/h3-9,18H,1-2H3,(H2,16,17). The van der Waals surface area contributed by atoms with Crippen molar-refractivity contribution < 1.29 is 5.21 Å². The zero-order valence-electron chi connectivity index (χ0n) is 10.9. The lowest BCUT2D eigenvalue weighted by Crippen LogP contribution is -2.14. The summed E-state index contributed by atoms with van der Waals surface area (Å²) in [6.45, 7) is 4.03. The molecule has 0 amide bonds. The van der Waals surface area contributed by atoms with E-state index in [9.17, 15) is 0 Å². The second kappa shape index (κ2) is 5.80. The molecule has 0 bridgehead atoms. The highest BCUT2D eigenvalue weighted by molar-refractivity contribution is 7.99. The molecule has 0 atom stereocenters. The van der Waals surface area contributed by atoms with Crippen molar-refractivity contribution in [1.82, 2.24) is 0 Å². The predicted octanol–water partition coefficient (Wildman–Crippen LogP) is 3.55. The number of oxime groups is 1. The van der Waals surface area contributed by atoms with Gasteiger partial charge < -0.3 is 10.9 Å². The van der Waals surface area contributed by atoms with Crippen LogP contribution in [0.25, 0.3) is 0 Å². The summed E-state index contributed by atoms with van der Waals surface area (Å²) in [7, 11) is 0. The first-order valence-electron chi connectivity index (χ1n) is 5.93. The number of amidine groups is 1. The molecule has 0 aromatic heterocycles. The predicted molar refractivity (Wildman–Crippen MR) is 79.0 cm³/mol. The van der Waals surface area contributed by atoms with Crippen LogP contribution in [0.3, 0.4) is 0 Å². The molecule has 98 valence electrons. The number of hydrogen-bond acceptors (Lipinski definition) is 3. The molecule has 2 aromatic rings. The van der Waals surface area contributed by atoms with Gasteiger partial charge in [0.2, 0.25) is 0 Å². The Labute approximate surface area is 117 Å². The maximum Gasteiger partial charge on any atom is 0.170 e. The third-order valence-electron chi connectivity index (χ3n) is 2.81. The highest BCUT2D eigenvalue weighted by Gasteiger charge is 2.05. The minimum Gasteiger partial charge on any atom is -0.409 e. The van der Waals surface area contributed by atoms with E-state index in [2.05, 4.69) is 36.3 Å². The van der Waals surface area contributed by atoms with Crippen LogP contribution in [0, 0.1) is 13.8 Å². The Morgan fingerprint density at radius 3 is 2.47 bits per heavy atom. The monoisotopic (exact) mass is 272 g/mol. The van der Waals surface area contributed by atoms with Gasteiger partial charge in [-0.25, -0.2) is 0 Å². The van der Waals surface area contributed by atoms with Crippen LogP contribution in [0.5, 0.6) is 0 Å². The highest BCUT2D eigenvalue weighted by Crippen LogP contribution is 2.29. The molecule has 19 heavy (non-hydrogen) atoms. The first-order chi connectivity index (χ1) is 9.10. The summed E-state index contributed by atoms with van der Waals surface area (Å²) in [6.07, 6.45) is 0. The summed E-state index contributed by atoms with van der Waals surface area (Å²) in [5.74, 6) is 0.143. The Hall–Kier alpha value is -1.94. The maximum absolute atomic E-state index is 8.71. The summed E-state index contributed by atoms with van der Waals surface area (Å²) in [6, 6.07) is 14.3. The van der Waals surface area contributed by atoms with Gasteiger partial charge in [-0.1, -0.05) is 34.6 Å². The summed E-state index contributed by atoms with van der Waals surface area (Å²) in [4.78, 5) is 2.34. The van der Waals surface area contributed by atoms with E-state index in [1.54, 1.807) is 11.8 Å². The Kier molecular flexibility index (Phi) is 4.12. The van der Waals surface area contributed by atoms with Crippen LogP contribution in [0.2, 0.25) is 0 Å². The summed E-state index contributed by atoms with van der Waals surface area (Å²) in [5.41, 5.74) is 8.61. The van der Waals surface area contributed by atoms with E-state index < -0.39 is 0 Å². The largest absolute Gasteiger partial charge is 0.409 e. The zero-order chi connectivity index (χ0) is 13.8. The molecule has 0 saturated heterocycles. The van der Waals surface area contributed by atoms with Crippen LogP contribution in [-0.4, -0.2) is 11.0 Å². The van der Waals surface area contributed by atoms with Gasteiger partial charge in [-0.05, 0) is 49.7 Å². The van der Waals surface area contributed by atoms with Crippen LogP contribution in [0.15, 0.2) is 57.4 Å². The van der Waals surface area contributed by atoms with Crippen LogP contribution in [0.1, 0.15) is 16.7 Å². The molecule has 0 aliphatic carbocycles. The molecular formula is C15H16N2OS. The maximum atomic E-state index is 8.71. The van der Waals surface area contributed by atoms with Crippen molar-refractivity contribution in [2.24, 2.45) is 10.9 Å². The van der Waals surface area contributed by atoms with Crippen molar-refractivity contribution in [3.8, 4) is 0 Å². The summed E-state index contributed by atoms with van der Waals surface area (Å²) < 4.78 is 0. The smallest absolute Gasteiger partial charge is 0.170 e. The Morgan fingerprint density at radius 1 is 1.11 bits per heavy atom. The zero-order valence-corrected chi connectivity index (χ0v) is 11.7. The van der Waals surface area contributed by atoms with Crippen molar-refractivity contribution in [3.63, 3.8) is 0 Å². The van der Waals surface area contributed by atoms with Gasteiger partial charge in [0, 0.05) is 15.4 Å². The van der Waals surface area contributed by atoms with Gasteiger partial charge in [-0.3, -0.25) is 0 Å². The van der Waals surface area contributed by atoms with E-state index >= 15 is 0 Å². The number of rotatable bonds is 3. The fourth-order valence-corrected chi connectivity index (χ4v) is 2.89. The first-order valence-corrected chi connectivity index (χ1v) is 6.75. The van der Waals surface area contributed by atoms with Gasteiger partial charge in [0.1, 0.15) is 0 Å². The van der Waals surface area contributed by atoms with Crippen molar-refractivity contribution in [1.29, 1.82) is 0 Å². The fraction of sp³-hybridized carbons (Fsp3) is 0.133. The minimum absolute atomic E-state index is 0.143. The van der Waals surface area contributed by atoms with E-state index in [-0.39, 0.29) is 5.84 Å². The van der Waals surface area contributed by atoms with Crippen LogP contribution < -0.4 is 5.73 Å². The quantitative estimate of drug-likeness (QED) is 0.389. The van der Waals surface area contributed by atoms with Gasteiger partial charge >= 0.3 is 0 Å². The minimum atomic E-state index is 0.143. The van der Waals surface area contributed by atoms with Crippen molar-refractivity contribution in [3.05, 3.63) is 59.2 Å². The van der Waals surface area contributed by atoms with Crippen LogP contribution in [0.4, 0.5) is 0 Å². The average molecular weight is 272 g/mol. The molecule has 0 saturated carbocycles. The molecule has 0 spiro atoms. The van der Waals surface area contributed by atoms with Gasteiger partial charge in [-0.15, -0.1) is 0 Å². The Bertz CT molecular complexity index is 623. The fourth-order valence-electron chi connectivity index (χ4n) is 1.86. The topological polar surface area (TPSA) is 58.6 Å². The molecule has 0 unspecified atom stereocenters. The molecule has 0 heterocycles. The summed E-state index contributed by atoms with van der Waals surface area (Å²) in [5, 5.41) is 11.7. The number of aryl methyl sites for hydroxylation is 2. The first kappa shape index (κ1) is 13.5. The molecule has 4 heteroatoms. The van der Waals surface area contributed by atoms with Crippen molar-refractivity contribution in [2.75, 3.05) is 0 Å². The highest BCUT2D eigenvalue weighted by atomic mass is 32.2. The molecule has 3 N–H and O–H groups in total. The van der Waals surface area contributed by atoms with E-state index in [0.717, 1.165) is 16.0 Å². The van der Waals surface area contributed by atoms with Crippen LogP contribution in [-0.2, 0) is 0 Å². The van der Waals surface area contributed by atoms with E-state index in [0.29, 0.717) is 0 Å². The van der Waals surface area contributed by atoms with Gasteiger partial charge in [0.25, 0.3) is 0 Å². The molecular weight excluding hydrogens is 256 g/mol. The summed E-state index contributed by atoms with van der Waals surface area (Å²) >= 11 is 1.70. The molecule has 2 aromatic carbocycles. The second-order valence-electron chi connectivity index (χ2n) is 4.38. The average Bonchev–Trinajstić information content (AvgIpc) is 2.38. The number of nitrogens with two attached hydrogens (primary N) is 1. The second-order valence-corrected chi connectivity index (χ2v) is 5.53. The SMILES string of the molecule is Cc1cccc(Sc2ccc(/C(N)=N/O)c(C)c2)c1. The van der Waals surface area contributed by atoms with Crippen LogP contribution >= 0.6 is 11.8 Å². The van der Waals surface area contributed by atoms with E-state index in [1.165, 1.54) is 10.5 Å². The third kappa shape index (κ3) is 3.29. The lowest BCUT2D eigenvalue weighted by Gasteiger charge is -2.07. The van der Waals surface area contributed by atoms with Crippen molar-refractivity contribution in [2.45, 2.75) is 23.6 Å². The van der Waals surface area contributed by atoms with Gasteiger partial charge in [0.05, 0.1) is 0 Å². The normalized spacial score (nSPS) is 11.6. The molecule has 2 rings (SSSR count). The Balaban J connectivity index is 2.26. The molecule has 0 fully saturated rings. The lowest BCUT2D eigenvalue weighted by atomic mass is 10.1. The lowest BCUT2D eigenvalue weighted by molar-refractivity contribution is 0.318. The molecule has 3 nitrogen and oxygen atoms in total. The molecule has 0 aliphatic rings. The van der Waals surface area contributed by atoms with E-state index in [1.807, 2.05) is 25.1 Å². The number of benzene rings is 2.